The van der Waals surface area contributed by atoms with Gasteiger partial charge in [-0.25, -0.2) is 0 Å². The van der Waals surface area contributed by atoms with E-state index in [4.69, 9.17) is 21.9 Å². The Hall–Kier alpha value is -0.0900. The van der Waals surface area contributed by atoms with Crippen LogP contribution in [0.25, 0.3) is 0 Å². The van der Waals surface area contributed by atoms with Gasteiger partial charge in [-0.2, -0.15) is 0 Å². The Kier molecular flexibility index (Phi) is 9.88. The molecule has 0 bridgehead atoms. The van der Waals surface area contributed by atoms with Gasteiger partial charge < -0.3 is 15.4 Å². The fourth-order valence-corrected chi connectivity index (χ4v) is 5.14. The summed E-state index contributed by atoms with van der Waals surface area (Å²) >= 11 is 5.86. The third kappa shape index (κ3) is 6.19. The van der Waals surface area contributed by atoms with Crippen molar-refractivity contribution < 1.29 is 14.2 Å². The Balaban J connectivity index is 0.00000441. The van der Waals surface area contributed by atoms with Crippen LogP contribution in [0.2, 0.25) is 5.02 Å². The number of benzene rings is 1. The summed E-state index contributed by atoms with van der Waals surface area (Å²) in [6, 6.07) is 6.81. The number of aliphatic hydroxyl groups is 1. The van der Waals surface area contributed by atoms with Gasteiger partial charge in [-0.15, -0.1) is 12.4 Å². The molecule has 0 radical (unpaired) electrons. The molecule has 7 heteroatoms. The minimum Gasteiger partial charge on any atom is -0.383 e. The number of hydrogen-bond acceptors (Lipinski definition) is 4. The maximum Gasteiger partial charge on any atom is 0.206 e. The molecule has 1 aromatic rings. The van der Waals surface area contributed by atoms with Crippen LogP contribution in [0.3, 0.4) is 0 Å². The summed E-state index contributed by atoms with van der Waals surface area (Å²) in [6.07, 6.45) is 2.23. The van der Waals surface area contributed by atoms with Crippen LogP contribution in [0.1, 0.15) is 32.3 Å². The van der Waals surface area contributed by atoms with E-state index < -0.39 is 13.0 Å². The molecule has 1 aromatic carbocycles. The SMILES string of the molecule is CCCCP(=O)(CC(O)(CN)c1ccc(Cl)cc1)OCC.Cl. The molecule has 0 aliphatic heterocycles. The summed E-state index contributed by atoms with van der Waals surface area (Å²) in [5.74, 6) is 0. The molecule has 1 rings (SSSR count). The lowest BCUT2D eigenvalue weighted by atomic mass is 9.96. The van der Waals surface area contributed by atoms with Crippen molar-refractivity contribution in [3.8, 4) is 0 Å². The first kappa shape index (κ1) is 21.9. The molecule has 2 atom stereocenters. The smallest absolute Gasteiger partial charge is 0.206 e. The molecular weight excluding hydrogens is 344 g/mol. The minimum atomic E-state index is -2.91. The second kappa shape index (κ2) is 9.92. The Labute approximate surface area is 144 Å². The molecule has 0 saturated carbocycles. The summed E-state index contributed by atoms with van der Waals surface area (Å²) in [5.41, 5.74) is 5.01. The molecule has 0 aliphatic carbocycles. The van der Waals surface area contributed by atoms with Crippen molar-refractivity contribution in [2.75, 3.05) is 25.5 Å². The van der Waals surface area contributed by atoms with Crippen LogP contribution in [0, 0.1) is 0 Å². The van der Waals surface area contributed by atoms with Crippen LogP contribution < -0.4 is 5.73 Å². The molecule has 0 aromatic heterocycles. The maximum absolute atomic E-state index is 12.9. The average molecular weight is 370 g/mol. The van der Waals surface area contributed by atoms with Gasteiger partial charge in [-0.05, 0) is 31.0 Å². The van der Waals surface area contributed by atoms with Gasteiger partial charge in [0.05, 0.1) is 12.8 Å². The fourth-order valence-electron chi connectivity index (χ4n) is 2.26. The van der Waals surface area contributed by atoms with Crippen LogP contribution in [0.15, 0.2) is 24.3 Å². The van der Waals surface area contributed by atoms with Gasteiger partial charge in [0.2, 0.25) is 7.37 Å². The molecular formula is C15H26Cl2NO3P. The van der Waals surface area contributed by atoms with Crippen LogP contribution in [-0.2, 0) is 14.7 Å². The lowest BCUT2D eigenvalue weighted by molar-refractivity contribution is 0.0665. The van der Waals surface area contributed by atoms with Crippen molar-refractivity contribution in [1.82, 2.24) is 0 Å². The van der Waals surface area contributed by atoms with Crippen molar-refractivity contribution in [1.29, 1.82) is 0 Å². The molecule has 4 nitrogen and oxygen atoms in total. The maximum atomic E-state index is 12.9. The molecule has 0 heterocycles. The molecule has 3 N–H and O–H groups in total. The molecule has 22 heavy (non-hydrogen) atoms. The third-order valence-corrected chi connectivity index (χ3v) is 6.42. The van der Waals surface area contributed by atoms with Crippen LogP contribution >= 0.6 is 31.4 Å². The molecule has 0 fully saturated rings. The Morgan fingerprint density at radius 3 is 2.36 bits per heavy atom. The summed E-state index contributed by atoms with van der Waals surface area (Å²) < 4.78 is 18.4. The minimum absolute atomic E-state index is 0. The number of hydrogen-bond donors (Lipinski definition) is 2. The Morgan fingerprint density at radius 1 is 1.32 bits per heavy atom. The number of rotatable bonds is 9. The standard InChI is InChI=1S/C15H25ClNO3P.ClH/c1-3-5-10-21(19,20-4-2)12-15(18,11-17)13-6-8-14(16)9-7-13;/h6-9,18H,3-5,10-12,17H2,1-2H3;1H. The molecule has 2 unspecified atom stereocenters. The predicted molar refractivity (Wildman–Crippen MR) is 95.5 cm³/mol. The lowest BCUT2D eigenvalue weighted by Crippen LogP contribution is -2.39. The molecule has 0 aliphatic rings. The average Bonchev–Trinajstić information content (AvgIpc) is 2.46. The monoisotopic (exact) mass is 369 g/mol. The summed E-state index contributed by atoms with van der Waals surface area (Å²) in [7, 11) is -2.91. The van der Waals surface area contributed by atoms with Crippen molar-refractivity contribution in [3.63, 3.8) is 0 Å². The van der Waals surface area contributed by atoms with Crippen LogP contribution in [0.5, 0.6) is 0 Å². The van der Waals surface area contributed by atoms with Crippen molar-refractivity contribution >= 4 is 31.4 Å². The highest BCUT2D eigenvalue weighted by Crippen LogP contribution is 2.51. The van der Waals surface area contributed by atoms with E-state index in [2.05, 4.69) is 0 Å². The highest BCUT2D eigenvalue weighted by Gasteiger charge is 2.37. The zero-order valence-electron chi connectivity index (χ0n) is 13.1. The summed E-state index contributed by atoms with van der Waals surface area (Å²) in [4.78, 5) is 0. The van der Waals surface area contributed by atoms with E-state index in [9.17, 15) is 9.67 Å². The predicted octanol–water partition coefficient (Wildman–Crippen LogP) is 4.02. The van der Waals surface area contributed by atoms with E-state index in [1.54, 1.807) is 24.3 Å². The zero-order chi connectivity index (χ0) is 15.9. The van der Waals surface area contributed by atoms with E-state index >= 15 is 0 Å². The second-order valence-electron chi connectivity index (χ2n) is 5.21. The van der Waals surface area contributed by atoms with Crippen molar-refractivity contribution in [3.05, 3.63) is 34.9 Å². The highest BCUT2D eigenvalue weighted by atomic mass is 35.5. The Bertz CT molecular complexity index is 484. The van der Waals surface area contributed by atoms with E-state index in [-0.39, 0.29) is 25.1 Å². The number of nitrogens with two attached hydrogens (primary N) is 1. The highest BCUT2D eigenvalue weighted by molar-refractivity contribution is 7.59. The van der Waals surface area contributed by atoms with Gasteiger partial charge in [0.15, 0.2) is 0 Å². The number of halogens is 2. The van der Waals surface area contributed by atoms with Crippen LogP contribution in [-0.4, -0.2) is 30.6 Å². The normalized spacial score (nSPS) is 16.4. The first-order chi connectivity index (χ1) is 9.89. The largest absolute Gasteiger partial charge is 0.383 e. The summed E-state index contributed by atoms with van der Waals surface area (Å²) in [6.45, 7) is 4.19. The third-order valence-electron chi connectivity index (χ3n) is 3.44. The lowest BCUT2D eigenvalue weighted by Gasteiger charge is -2.31. The van der Waals surface area contributed by atoms with Gasteiger partial charge >= 0.3 is 0 Å². The first-order valence-corrected chi connectivity index (χ1v) is 9.67. The van der Waals surface area contributed by atoms with Gasteiger partial charge in [0.25, 0.3) is 0 Å². The van der Waals surface area contributed by atoms with Crippen molar-refractivity contribution in [2.45, 2.75) is 32.3 Å². The van der Waals surface area contributed by atoms with Gasteiger partial charge in [-0.1, -0.05) is 37.1 Å². The van der Waals surface area contributed by atoms with Gasteiger partial charge in [0.1, 0.15) is 5.60 Å². The van der Waals surface area contributed by atoms with E-state index in [1.165, 1.54) is 0 Å². The van der Waals surface area contributed by atoms with E-state index in [0.717, 1.165) is 12.8 Å². The molecule has 0 amide bonds. The number of unbranched alkanes of at least 4 members (excludes halogenated alkanes) is 1. The molecule has 0 spiro atoms. The topological polar surface area (TPSA) is 72.5 Å². The van der Waals surface area contributed by atoms with E-state index in [0.29, 0.717) is 23.4 Å². The zero-order valence-corrected chi connectivity index (χ0v) is 15.6. The molecule has 0 saturated heterocycles. The quantitative estimate of drug-likeness (QED) is 0.644. The Morgan fingerprint density at radius 2 is 1.91 bits per heavy atom. The van der Waals surface area contributed by atoms with E-state index in [1.807, 2.05) is 13.8 Å². The van der Waals surface area contributed by atoms with Crippen LogP contribution in [0.4, 0.5) is 0 Å². The second-order valence-corrected chi connectivity index (χ2v) is 8.30. The van der Waals surface area contributed by atoms with Gasteiger partial charge in [-0.3, -0.25) is 4.57 Å². The van der Waals surface area contributed by atoms with Crippen molar-refractivity contribution in [2.24, 2.45) is 5.73 Å². The molecule has 128 valence electrons. The summed E-state index contributed by atoms with van der Waals surface area (Å²) in [5, 5.41) is 11.4. The first-order valence-electron chi connectivity index (χ1n) is 7.30. The fraction of sp³-hybridized carbons (Fsp3) is 0.600. The van der Waals surface area contributed by atoms with Gasteiger partial charge in [0, 0.05) is 17.7 Å².